The molecule has 84 valence electrons. The lowest BCUT2D eigenvalue weighted by atomic mass is 10.0. The van der Waals surface area contributed by atoms with Crippen LogP contribution in [0.25, 0.3) is 0 Å². The maximum Gasteiger partial charge on any atom is 0.0424 e. The van der Waals surface area contributed by atoms with Gasteiger partial charge >= 0.3 is 0 Å². The van der Waals surface area contributed by atoms with Crippen molar-refractivity contribution in [1.29, 1.82) is 0 Å². The molecule has 0 heterocycles. The molecule has 0 aliphatic heterocycles. The molecule has 1 atom stereocenters. The summed E-state index contributed by atoms with van der Waals surface area (Å²) in [6.07, 6.45) is 0. The van der Waals surface area contributed by atoms with Crippen molar-refractivity contribution >= 4 is 0 Å². The van der Waals surface area contributed by atoms with Crippen LogP contribution in [0, 0.1) is 6.92 Å². The van der Waals surface area contributed by atoms with E-state index in [1.807, 2.05) is 0 Å². The van der Waals surface area contributed by atoms with Gasteiger partial charge < -0.3 is 10.6 Å². The minimum absolute atomic E-state index is 0.129. The Hall–Kier alpha value is -0.860. The highest BCUT2D eigenvalue weighted by molar-refractivity contribution is 5.25. The molecule has 0 spiro atoms. The van der Waals surface area contributed by atoms with Crippen LogP contribution in [0.2, 0.25) is 0 Å². The fraction of sp³-hybridized carbons (Fsp3) is 0.538. The molecular formula is C13H22N2. The van der Waals surface area contributed by atoms with Crippen LogP contribution in [0.3, 0.4) is 0 Å². The molecule has 0 aromatic heterocycles. The van der Waals surface area contributed by atoms with Gasteiger partial charge in [0.1, 0.15) is 0 Å². The van der Waals surface area contributed by atoms with E-state index in [0.29, 0.717) is 0 Å². The van der Waals surface area contributed by atoms with E-state index in [4.69, 9.17) is 5.73 Å². The highest BCUT2D eigenvalue weighted by Gasteiger charge is 2.09. The predicted octanol–water partition coefficient (Wildman–Crippen LogP) is 2.34. The Kier molecular flexibility index (Phi) is 4.79. The number of likely N-dealkylation sites (N-methyl/N-ethyl adjacent to an activating group) is 1. The van der Waals surface area contributed by atoms with Crippen LogP contribution in [0.15, 0.2) is 24.3 Å². The molecule has 0 radical (unpaired) electrons. The fourth-order valence-electron chi connectivity index (χ4n) is 1.77. The maximum atomic E-state index is 6.17. The third-order valence-corrected chi connectivity index (χ3v) is 2.82. The lowest BCUT2D eigenvalue weighted by molar-refractivity contribution is 0.284. The second kappa shape index (κ2) is 5.89. The van der Waals surface area contributed by atoms with Crippen molar-refractivity contribution in [3.05, 3.63) is 35.4 Å². The standard InChI is InChI=1S/C13H22N2/c1-4-15(5-2)10-13(14)12-8-6-7-11(3)9-12/h6-9,13H,4-5,10,14H2,1-3H3. The van der Waals surface area contributed by atoms with Crippen LogP contribution in [0.5, 0.6) is 0 Å². The molecule has 2 heteroatoms. The molecule has 2 nitrogen and oxygen atoms in total. The lowest BCUT2D eigenvalue weighted by Crippen LogP contribution is -2.31. The first kappa shape index (κ1) is 12.2. The van der Waals surface area contributed by atoms with Crippen LogP contribution in [0.1, 0.15) is 31.0 Å². The molecule has 0 bridgehead atoms. The van der Waals surface area contributed by atoms with Gasteiger partial charge in [0, 0.05) is 12.6 Å². The molecule has 1 unspecified atom stereocenters. The monoisotopic (exact) mass is 206 g/mol. The van der Waals surface area contributed by atoms with Crippen molar-refractivity contribution in [2.75, 3.05) is 19.6 Å². The smallest absolute Gasteiger partial charge is 0.0424 e. The molecule has 0 aliphatic carbocycles. The summed E-state index contributed by atoms with van der Waals surface area (Å²) in [5, 5.41) is 0. The summed E-state index contributed by atoms with van der Waals surface area (Å²) in [5.41, 5.74) is 8.69. The van der Waals surface area contributed by atoms with Gasteiger partial charge in [0.25, 0.3) is 0 Å². The van der Waals surface area contributed by atoms with Gasteiger partial charge in [-0.25, -0.2) is 0 Å². The van der Waals surface area contributed by atoms with E-state index in [-0.39, 0.29) is 6.04 Å². The molecule has 0 aliphatic rings. The Balaban J connectivity index is 2.64. The zero-order chi connectivity index (χ0) is 11.3. The first-order valence-electron chi connectivity index (χ1n) is 5.71. The Morgan fingerprint density at radius 3 is 2.47 bits per heavy atom. The van der Waals surface area contributed by atoms with Gasteiger partial charge in [-0.3, -0.25) is 0 Å². The summed E-state index contributed by atoms with van der Waals surface area (Å²) >= 11 is 0. The van der Waals surface area contributed by atoms with Crippen molar-refractivity contribution in [2.45, 2.75) is 26.8 Å². The van der Waals surface area contributed by atoms with Crippen LogP contribution in [-0.2, 0) is 0 Å². The van der Waals surface area contributed by atoms with Crippen LogP contribution >= 0.6 is 0 Å². The number of hydrogen-bond acceptors (Lipinski definition) is 2. The van der Waals surface area contributed by atoms with Gasteiger partial charge in [0.15, 0.2) is 0 Å². The van der Waals surface area contributed by atoms with Crippen LogP contribution < -0.4 is 5.73 Å². The minimum atomic E-state index is 0.129. The van der Waals surface area contributed by atoms with Gasteiger partial charge in [-0.2, -0.15) is 0 Å². The summed E-state index contributed by atoms with van der Waals surface area (Å²) in [6, 6.07) is 8.60. The van der Waals surface area contributed by atoms with Gasteiger partial charge in [-0.15, -0.1) is 0 Å². The van der Waals surface area contributed by atoms with Crippen molar-refractivity contribution in [3.63, 3.8) is 0 Å². The second-order valence-electron chi connectivity index (χ2n) is 4.01. The number of aryl methyl sites for hydroxylation is 1. The summed E-state index contributed by atoms with van der Waals surface area (Å²) < 4.78 is 0. The number of benzene rings is 1. The van der Waals surface area contributed by atoms with Gasteiger partial charge in [0.2, 0.25) is 0 Å². The van der Waals surface area contributed by atoms with Crippen LogP contribution in [0.4, 0.5) is 0 Å². The fourth-order valence-corrected chi connectivity index (χ4v) is 1.77. The maximum absolute atomic E-state index is 6.17. The molecule has 1 aromatic rings. The summed E-state index contributed by atoms with van der Waals surface area (Å²) in [5.74, 6) is 0. The average Bonchev–Trinajstić information content (AvgIpc) is 2.25. The SMILES string of the molecule is CCN(CC)CC(N)c1cccc(C)c1. The molecule has 0 amide bonds. The van der Waals surface area contributed by atoms with Crippen molar-refractivity contribution in [1.82, 2.24) is 4.90 Å². The van der Waals surface area contributed by atoms with E-state index < -0.39 is 0 Å². The van der Waals surface area contributed by atoms with Gasteiger partial charge in [-0.05, 0) is 25.6 Å². The van der Waals surface area contributed by atoms with E-state index >= 15 is 0 Å². The molecule has 1 rings (SSSR count). The summed E-state index contributed by atoms with van der Waals surface area (Å²) in [6.45, 7) is 9.52. The minimum Gasteiger partial charge on any atom is -0.323 e. The quantitative estimate of drug-likeness (QED) is 0.801. The molecule has 2 N–H and O–H groups in total. The lowest BCUT2D eigenvalue weighted by Gasteiger charge is -2.23. The van der Waals surface area contributed by atoms with E-state index in [1.54, 1.807) is 0 Å². The topological polar surface area (TPSA) is 29.3 Å². The average molecular weight is 206 g/mol. The van der Waals surface area contributed by atoms with E-state index in [2.05, 4.69) is 49.9 Å². The first-order chi connectivity index (χ1) is 7.17. The van der Waals surface area contributed by atoms with Gasteiger partial charge in [0.05, 0.1) is 0 Å². The number of rotatable bonds is 5. The Bertz CT molecular complexity index is 292. The molecule has 15 heavy (non-hydrogen) atoms. The van der Waals surface area contributed by atoms with Crippen molar-refractivity contribution in [3.8, 4) is 0 Å². The van der Waals surface area contributed by atoms with Crippen molar-refractivity contribution < 1.29 is 0 Å². The van der Waals surface area contributed by atoms with Gasteiger partial charge in [-0.1, -0.05) is 43.7 Å². The van der Waals surface area contributed by atoms with Crippen LogP contribution in [-0.4, -0.2) is 24.5 Å². The molecule has 0 fully saturated rings. The molecular weight excluding hydrogens is 184 g/mol. The van der Waals surface area contributed by atoms with E-state index in [9.17, 15) is 0 Å². The highest BCUT2D eigenvalue weighted by atomic mass is 15.1. The molecule has 1 aromatic carbocycles. The first-order valence-corrected chi connectivity index (χ1v) is 5.71. The zero-order valence-corrected chi connectivity index (χ0v) is 10.0. The number of hydrogen-bond donors (Lipinski definition) is 1. The zero-order valence-electron chi connectivity index (χ0n) is 10.0. The summed E-state index contributed by atoms with van der Waals surface area (Å²) in [7, 11) is 0. The predicted molar refractivity (Wildman–Crippen MR) is 65.9 cm³/mol. The molecule has 0 saturated heterocycles. The highest BCUT2D eigenvalue weighted by Crippen LogP contribution is 2.13. The largest absolute Gasteiger partial charge is 0.323 e. The van der Waals surface area contributed by atoms with E-state index in [1.165, 1.54) is 11.1 Å². The third kappa shape index (κ3) is 3.65. The summed E-state index contributed by atoms with van der Waals surface area (Å²) in [4.78, 5) is 2.35. The van der Waals surface area contributed by atoms with Crippen molar-refractivity contribution in [2.24, 2.45) is 5.73 Å². The van der Waals surface area contributed by atoms with E-state index in [0.717, 1.165) is 19.6 Å². The second-order valence-corrected chi connectivity index (χ2v) is 4.01. The Labute approximate surface area is 93.1 Å². The Morgan fingerprint density at radius 1 is 1.27 bits per heavy atom. The third-order valence-electron chi connectivity index (χ3n) is 2.82. The number of nitrogens with two attached hydrogens (primary N) is 1. The Morgan fingerprint density at radius 2 is 1.93 bits per heavy atom. The normalized spacial score (nSPS) is 13.1. The molecule has 0 saturated carbocycles. The number of nitrogens with zero attached hydrogens (tertiary/aromatic N) is 1.